The molecule has 2 heterocycles. The Labute approximate surface area is 219 Å². The molecule has 214 valence electrons. The molecule has 0 amide bonds. The highest BCUT2D eigenvalue weighted by atomic mass is 19.4. The number of alkyl halides is 6. The summed E-state index contributed by atoms with van der Waals surface area (Å²) in [5, 5.41) is 26.2. The van der Waals surface area contributed by atoms with Gasteiger partial charge in [-0.3, -0.25) is 14.6 Å². The fraction of sp³-hybridized carbons (Fsp3) is 0.423. The van der Waals surface area contributed by atoms with Gasteiger partial charge in [0.2, 0.25) is 5.62 Å². The highest BCUT2D eigenvalue weighted by molar-refractivity contribution is 5.96. The van der Waals surface area contributed by atoms with E-state index in [9.17, 15) is 36.2 Å². The van der Waals surface area contributed by atoms with Gasteiger partial charge in [0.05, 0.1) is 17.6 Å². The number of aromatic nitrogens is 2. The maximum Gasteiger partial charge on any atom is 0.490 e. The number of carbonyl (C=O) groups excluding carboxylic acids is 1. The first-order chi connectivity index (χ1) is 17.4. The summed E-state index contributed by atoms with van der Waals surface area (Å²) in [6.07, 6.45) is -7.03. The molecule has 0 fully saturated rings. The Balaban J connectivity index is 0.000000673. The summed E-state index contributed by atoms with van der Waals surface area (Å²) in [4.78, 5) is 22.1. The van der Waals surface area contributed by atoms with Crippen LogP contribution in [0.25, 0.3) is 5.52 Å². The van der Waals surface area contributed by atoms with Crippen LogP contribution >= 0.6 is 0 Å². The SMILES string of the molecule is CC(C)(C)c1cc(C(=O)Cn2cc3cc(C(F)(F)F)ccn3c2=N)cc(C(C)(C)C)c1O.O=C(O)C(F)(F)F. The Hall–Kier alpha value is -3.77. The molecular formula is C26H29F6N3O4. The zero-order valence-corrected chi connectivity index (χ0v) is 22.0. The Morgan fingerprint density at radius 3 is 1.74 bits per heavy atom. The first kappa shape index (κ1) is 31.4. The van der Waals surface area contributed by atoms with E-state index in [0.29, 0.717) is 16.7 Å². The van der Waals surface area contributed by atoms with Crippen molar-refractivity contribution >= 4 is 17.3 Å². The van der Waals surface area contributed by atoms with Crippen LogP contribution in [0.3, 0.4) is 0 Å². The zero-order chi connectivity index (χ0) is 30.3. The number of carbonyl (C=O) groups is 2. The minimum atomic E-state index is -5.08. The molecule has 0 radical (unpaired) electrons. The summed E-state index contributed by atoms with van der Waals surface area (Å²) in [6, 6.07) is 5.18. The molecule has 0 saturated carbocycles. The lowest BCUT2D eigenvalue weighted by Gasteiger charge is -2.28. The van der Waals surface area contributed by atoms with Crippen LogP contribution in [0.15, 0.2) is 36.7 Å². The van der Waals surface area contributed by atoms with Gasteiger partial charge in [0.15, 0.2) is 5.78 Å². The van der Waals surface area contributed by atoms with Crippen LogP contribution in [0, 0.1) is 5.41 Å². The van der Waals surface area contributed by atoms with Gasteiger partial charge in [0.25, 0.3) is 0 Å². The molecule has 13 heteroatoms. The maximum atomic E-state index is 13.2. The van der Waals surface area contributed by atoms with Crippen LogP contribution in [-0.4, -0.2) is 37.1 Å². The maximum absolute atomic E-state index is 13.2. The number of pyridine rings is 1. The molecule has 0 aliphatic carbocycles. The van der Waals surface area contributed by atoms with E-state index in [0.717, 1.165) is 12.1 Å². The average Bonchev–Trinajstić information content (AvgIpc) is 3.06. The number of Topliss-reactive ketones (excluding diaryl/α,β-unsaturated/α-hetero) is 1. The van der Waals surface area contributed by atoms with E-state index < -0.39 is 34.7 Å². The van der Waals surface area contributed by atoms with E-state index in [-0.39, 0.29) is 29.2 Å². The third-order valence-electron chi connectivity index (χ3n) is 5.70. The average molecular weight is 562 g/mol. The molecule has 0 atom stereocenters. The summed E-state index contributed by atoms with van der Waals surface area (Å²) in [7, 11) is 0. The second-order valence-electron chi connectivity index (χ2n) is 10.9. The van der Waals surface area contributed by atoms with Crippen molar-refractivity contribution in [2.75, 3.05) is 0 Å². The molecular weight excluding hydrogens is 532 g/mol. The van der Waals surface area contributed by atoms with Crippen molar-refractivity contribution in [1.82, 2.24) is 8.97 Å². The summed E-state index contributed by atoms with van der Waals surface area (Å²) < 4.78 is 73.4. The Morgan fingerprint density at radius 2 is 1.36 bits per heavy atom. The van der Waals surface area contributed by atoms with Gasteiger partial charge < -0.3 is 14.8 Å². The molecule has 0 spiro atoms. The van der Waals surface area contributed by atoms with Crippen LogP contribution in [-0.2, 0) is 28.3 Å². The van der Waals surface area contributed by atoms with Gasteiger partial charge >= 0.3 is 18.3 Å². The fourth-order valence-electron chi connectivity index (χ4n) is 3.65. The topological polar surface area (TPSA) is 108 Å². The zero-order valence-electron chi connectivity index (χ0n) is 22.0. The summed E-state index contributed by atoms with van der Waals surface area (Å²) in [5.41, 5.74) is 0.101. The number of aromatic hydroxyl groups is 1. The van der Waals surface area contributed by atoms with E-state index in [1.165, 1.54) is 21.4 Å². The van der Waals surface area contributed by atoms with Gasteiger partial charge in [0.1, 0.15) is 5.75 Å². The number of halogens is 6. The molecule has 0 aliphatic heterocycles. The Bertz CT molecular complexity index is 1420. The quantitative estimate of drug-likeness (QED) is 0.267. The number of rotatable bonds is 3. The number of phenolic OH excluding ortho intramolecular Hbond substituents is 1. The van der Waals surface area contributed by atoms with Crippen molar-refractivity contribution < 1.29 is 46.1 Å². The number of benzene rings is 1. The highest BCUT2D eigenvalue weighted by Gasteiger charge is 2.38. The minimum absolute atomic E-state index is 0.104. The molecule has 7 nitrogen and oxygen atoms in total. The number of hydrogen-bond acceptors (Lipinski definition) is 4. The standard InChI is InChI=1S/C24H28F3N3O2.C2HF3O2/c1-22(2,3)17-9-14(10-18(20(17)32)23(4,5)6)19(31)13-29-12-16-11-15(24(25,26)27)7-8-30(16)21(29)28;3-2(4,5)1(6)7/h7-12,28,32H,13H2,1-6H3;(H,6,7). The number of carboxylic acid groups (broad SMARTS) is 1. The number of nitrogens with zero attached hydrogens (tertiary/aromatic N) is 2. The van der Waals surface area contributed by atoms with Gasteiger partial charge in [-0.05, 0) is 35.1 Å². The number of hydrogen-bond donors (Lipinski definition) is 3. The molecule has 2 aromatic heterocycles. The summed E-state index contributed by atoms with van der Waals surface area (Å²) in [5.74, 6) is -2.90. The van der Waals surface area contributed by atoms with Crippen molar-refractivity contribution in [2.45, 2.75) is 71.3 Å². The van der Waals surface area contributed by atoms with Crippen molar-refractivity contribution in [1.29, 1.82) is 5.41 Å². The van der Waals surface area contributed by atoms with E-state index in [2.05, 4.69) is 0 Å². The molecule has 0 aliphatic rings. The highest BCUT2D eigenvalue weighted by Crippen LogP contribution is 2.40. The normalized spacial score (nSPS) is 12.7. The first-order valence-electron chi connectivity index (χ1n) is 11.5. The lowest BCUT2D eigenvalue weighted by molar-refractivity contribution is -0.192. The molecule has 39 heavy (non-hydrogen) atoms. The van der Waals surface area contributed by atoms with Gasteiger partial charge in [-0.2, -0.15) is 26.3 Å². The van der Waals surface area contributed by atoms with Crippen LogP contribution in [0.4, 0.5) is 26.3 Å². The smallest absolute Gasteiger partial charge is 0.490 e. The third-order valence-corrected chi connectivity index (χ3v) is 5.70. The molecule has 0 unspecified atom stereocenters. The van der Waals surface area contributed by atoms with Crippen molar-refractivity contribution in [3.63, 3.8) is 0 Å². The third kappa shape index (κ3) is 7.42. The number of fused-ring (bicyclic) bond motifs is 1. The Morgan fingerprint density at radius 1 is 0.897 bits per heavy atom. The van der Waals surface area contributed by atoms with E-state index in [1.54, 1.807) is 12.1 Å². The van der Waals surface area contributed by atoms with Crippen LogP contribution in [0.1, 0.15) is 68.6 Å². The van der Waals surface area contributed by atoms with E-state index in [1.807, 2.05) is 41.5 Å². The molecule has 3 N–H and O–H groups in total. The summed E-state index contributed by atoms with van der Waals surface area (Å²) in [6.45, 7) is 11.4. The van der Waals surface area contributed by atoms with E-state index in [4.69, 9.17) is 15.3 Å². The second-order valence-corrected chi connectivity index (χ2v) is 10.9. The van der Waals surface area contributed by atoms with Gasteiger partial charge in [-0.15, -0.1) is 0 Å². The van der Waals surface area contributed by atoms with Crippen LogP contribution in [0.2, 0.25) is 0 Å². The number of aliphatic carboxylic acids is 1. The van der Waals surface area contributed by atoms with Crippen molar-refractivity contribution in [3.8, 4) is 5.75 Å². The lowest BCUT2D eigenvalue weighted by atomic mass is 9.78. The predicted molar refractivity (Wildman–Crippen MR) is 130 cm³/mol. The van der Waals surface area contributed by atoms with Gasteiger partial charge in [-0.25, -0.2) is 4.79 Å². The Kier molecular flexibility index (Phi) is 8.40. The van der Waals surface area contributed by atoms with Crippen LogP contribution in [0.5, 0.6) is 5.75 Å². The number of phenols is 1. The second kappa shape index (κ2) is 10.4. The van der Waals surface area contributed by atoms with E-state index >= 15 is 0 Å². The minimum Gasteiger partial charge on any atom is -0.507 e. The molecule has 3 rings (SSSR count). The largest absolute Gasteiger partial charge is 0.507 e. The van der Waals surface area contributed by atoms with Crippen LogP contribution < -0.4 is 5.62 Å². The molecule has 1 aromatic carbocycles. The molecule has 0 bridgehead atoms. The summed E-state index contributed by atoms with van der Waals surface area (Å²) >= 11 is 0. The van der Waals surface area contributed by atoms with Crippen molar-refractivity contribution in [2.24, 2.45) is 0 Å². The van der Waals surface area contributed by atoms with Gasteiger partial charge in [0, 0.05) is 29.1 Å². The fourth-order valence-corrected chi connectivity index (χ4v) is 3.65. The predicted octanol–water partition coefficient (Wildman–Crippen LogP) is 6.06. The monoisotopic (exact) mass is 561 g/mol. The van der Waals surface area contributed by atoms with Crippen molar-refractivity contribution in [3.05, 3.63) is 64.5 Å². The molecule has 3 aromatic rings. The number of ketones is 1. The first-order valence-corrected chi connectivity index (χ1v) is 11.5. The number of carboxylic acids is 1. The number of imidazole rings is 1. The lowest BCUT2D eigenvalue weighted by Crippen LogP contribution is -2.25. The molecule has 0 saturated heterocycles. The van der Waals surface area contributed by atoms with Gasteiger partial charge in [-0.1, -0.05) is 41.5 Å². The number of nitrogens with one attached hydrogen (secondary N) is 1.